The van der Waals surface area contributed by atoms with Gasteiger partial charge in [0.05, 0.1) is 6.54 Å². The summed E-state index contributed by atoms with van der Waals surface area (Å²) in [6.07, 6.45) is 0.987. The molecule has 1 amide bonds. The van der Waals surface area contributed by atoms with Crippen molar-refractivity contribution >= 4 is 17.3 Å². The first-order valence-corrected chi connectivity index (χ1v) is 10.8. The smallest absolute Gasteiger partial charge is 0.238 e. The number of hydrogen-bond donors (Lipinski definition) is 2. The fourth-order valence-corrected chi connectivity index (χ4v) is 3.38. The summed E-state index contributed by atoms with van der Waals surface area (Å²) in [7, 11) is 4.07. The summed E-state index contributed by atoms with van der Waals surface area (Å²) < 4.78 is 5.78. The molecule has 6 nitrogen and oxygen atoms in total. The minimum atomic E-state index is -0.0283. The molecule has 3 rings (SSSR count). The maximum Gasteiger partial charge on any atom is 0.238 e. The van der Waals surface area contributed by atoms with E-state index in [0.717, 1.165) is 48.9 Å². The van der Waals surface area contributed by atoms with Crippen molar-refractivity contribution in [2.75, 3.05) is 44.8 Å². The summed E-state index contributed by atoms with van der Waals surface area (Å²) in [6, 6.07) is 25.0. The van der Waals surface area contributed by atoms with Gasteiger partial charge >= 0.3 is 0 Å². The molecule has 0 bridgehead atoms. The molecule has 0 atom stereocenters. The molecular weight excluding hydrogens is 400 g/mol. The number of nitrogens with zero attached hydrogens (tertiary/aromatic N) is 2. The molecule has 0 fully saturated rings. The molecule has 168 valence electrons. The first-order valence-electron chi connectivity index (χ1n) is 10.8. The van der Waals surface area contributed by atoms with E-state index in [1.54, 1.807) is 0 Å². The molecule has 3 N–H and O–H groups in total. The Bertz CT molecular complexity index is 959. The van der Waals surface area contributed by atoms with Crippen molar-refractivity contribution in [2.45, 2.75) is 13.0 Å². The van der Waals surface area contributed by atoms with Crippen molar-refractivity contribution in [1.29, 1.82) is 0 Å². The van der Waals surface area contributed by atoms with Crippen LogP contribution in [0.5, 0.6) is 11.5 Å². The van der Waals surface area contributed by atoms with E-state index in [1.807, 2.05) is 78.7 Å². The van der Waals surface area contributed by atoms with Crippen molar-refractivity contribution in [1.82, 2.24) is 9.80 Å². The van der Waals surface area contributed by atoms with Gasteiger partial charge in [-0.25, -0.2) is 0 Å². The number of anilines is 2. The predicted molar refractivity (Wildman–Crippen MR) is 131 cm³/mol. The minimum absolute atomic E-state index is 0.0283. The first-order chi connectivity index (χ1) is 15.5. The lowest BCUT2D eigenvalue weighted by molar-refractivity contribution is -0.117. The van der Waals surface area contributed by atoms with Crippen LogP contribution in [0.4, 0.5) is 11.4 Å². The highest BCUT2D eigenvalue weighted by atomic mass is 16.5. The maximum absolute atomic E-state index is 12.4. The van der Waals surface area contributed by atoms with E-state index < -0.39 is 0 Å². The molecule has 3 aromatic carbocycles. The lowest BCUT2D eigenvalue weighted by atomic mass is 10.2. The number of carbonyl (C=O) groups is 1. The highest BCUT2D eigenvalue weighted by Gasteiger charge is 2.08. The van der Waals surface area contributed by atoms with Gasteiger partial charge in [-0.3, -0.25) is 9.69 Å². The largest absolute Gasteiger partial charge is 0.457 e. The molecule has 0 saturated heterocycles. The Morgan fingerprint density at radius 1 is 0.844 bits per heavy atom. The van der Waals surface area contributed by atoms with Crippen LogP contribution >= 0.6 is 0 Å². The summed E-state index contributed by atoms with van der Waals surface area (Å²) in [6.45, 7) is 3.04. The van der Waals surface area contributed by atoms with Crippen LogP contribution in [0.25, 0.3) is 0 Å². The fourth-order valence-electron chi connectivity index (χ4n) is 3.38. The van der Waals surface area contributed by atoms with Gasteiger partial charge in [0.15, 0.2) is 0 Å². The van der Waals surface area contributed by atoms with Crippen molar-refractivity contribution in [2.24, 2.45) is 0 Å². The zero-order valence-corrected chi connectivity index (χ0v) is 18.8. The fraction of sp³-hybridized carbons (Fsp3) is 0.269. The Morgan fingerprint density at radius 2 is 1.47 bits per heavy atom. The number of nitrogens with two attached hydrogens (primary N) is 1. The number of para-hydroxylation sites is 1. The number of amides is 1. The summed E-state index contributed by atoms with van der Waals surface area (Å²) in [5.41, 5.74) is 8.52. The van der Waals surface area contributed by atoms with Gasteiger partial charge in [-0.15, -0.1) is 0 Å². The Morgan fingerprint density at radius 3 is 2.16 bits per heavy atom. The topological polar surface area (TPSA) is 70.8 Å². The highest BCUT2D eigenvalue weighted by molar-refractivity contribution is 5.92. The summed E-state index contributed by atoms with van der Waals surface area (Å²) in [5.74, 6) is 1.49. The zero-order valence-electron chi connectivity index (χ0n) is 18.8. The average Bonchev–Trinajstić information content (AvgIpc) is 2.77. The van der Waals surface area contributed by atoms with E-state index in [9.17, 15) is 4.79 Å². The number of benzene rings is 3. The second kappa shape index (κ2) is 11.9. The molecule has 0 spiro atoms. The van der Waals surface area contributed by atoms with E-state index in [4.69, 9.17) is 10.5 Å². The molecule has 6 heteroatoms. The van der Waals surface area contributed by atoms with Gasteiger partial charge in [0, 0.05) is 17.9 Å². The van der Waals surface area contributed by atoms with E-state index in [1.165, 1.54) is 5.56 Å². The summed E-state index contributed by atoms with van der Waals surface area (Å²) in [4.78, 5) is 16.7. The number of nitrogen functional groups attached to an aromatic ring is 1. The second-order valence-corrected chi connectivity index (χ2v) is 8.06. The molecule has 0 aliphatic carbocycles. The van der Waals surface area contributed by atoms with Crippen LogP contribution in [0.2, 0.25) is 0 Å². The van der Waals surface area contributed by atoms with E-state index in [2.05, 4.69) is 29.4 Å². The molecule has 0 heterocycles. The molecule has 0 aliphatic heterocycles. The van der Waals surface area contributed by atoms with Crippen molar-refractivity contribution in [3.8, 4) is 11.5 Å². The van der Waals surface area contributed by atoms with Gasteiger partial charge in [0.1, 0.15) is 11.5 Å². The molecule has 0 radical (unpaired) electrons. The average molecular weight is 433 g/mol. The van der Waals surface area contributed by atoms with Crippen LogP contribution in [-0.4, -0.2) is 49.4 Å². The Kier molecular flexibility index (Phi) is 8.66. The number of likely N-dealkylation sites (N-methyl/N-ethyl adjacent to an activating group) is 1. The third-order valence-electron chi connectivity index (χ3n) is 5.04. The molecule has 32 heavy (non-hydrogen) atoms. The monoisotopic (exact) mass is 432 g/mol. The number of carbonyl (C=O) groups excluding carboxylic acids is 1. The van der Waals surface area contributed by atoms with Crippen LogP contribution in [0, 0.1) is 0 Å². The SMILES string of the molecule is CN(CCCN(C)Cc1ccc(N)cc1)CC(=O)Nc1ccc(Oc2ccccc2)cc1. The quantitative estimate of drug-likeness (QED) is 0.438. The molecule has 0 aliphatic rings. The lowest BCUT2D eigenvalue weighted by Crippen LogP contribution is -2.32. The van der Waals surface area contributed by atoms with Gasteiger partial charge in [-0.05, 0) is 87.7 Å². The maximum atomic E-state index is 12.4. The van der Waals surface area contributed by atoms with Gasteiger partial charge < -0.3 is 20.7 Å². The normalized spacial score (nSPS) is 11.0. The summed E-state index contributed by atoms with van der Waals surface area (Å²) in [5, 5.41) is 2.94. The van der Waals surface area contributed by atoms with Crippen molar-refractivity contribution in [3.63, 3.8) is 0 Å². The number of nitrogens with one attached hydrogen (secondary N) is 1. The van der Waals surface area contributed by atoms with Crippen LogP contribution < -0.4 is 15.8 Å². The van der Waals surface area contributed by atoms with Crippen molar-refractivity contribution < 1.29 is 9.53 Å². The Hall–Kier alpha value is -3.35. The zero-order chi connectivity index (χ0) is 22.8. The van der Waals surface area contributed by atoms with Gasteiger partial charge in [0.25, 0.3) is 0 Å². The number of hydrogen-bond acceptors (Lipinski definition) is 5. The van der Waals surface area contributed by atoms with Crippen LogP contribution in [0.15, 0.2) is 78.9 Å². The van der Waals surface area contributed by atoms with Gasteiger partial charge in [-0.1, -0.05) is 30.3 Å². The first kappa shape index (κ1) is 23.3. The Balaban J connectivity index is 1.34. The molecular formula is C26H32N4O2. The third kappa shape index (κ3) is 8.06. The standard InChI is InChI=1S/C26H32N4O2/c1-29(19-21-9-11-22(27)12-10-21)17-6-18-30(2)20-26(31)28-23-13-15-25(16-14-23)32-24-7-4-3-5-8-24/h3-5,7-16H,6,17-20,27H2,1-2H3,(H,28,31). The molecule has 3 aromatic rings. The van der Waals surface area contributed by atoms with Crippen molar-refractivity contribution in [3.05, 3.63) is 84.4 Å². The van der Waals surface area contributed by atoms with Gasteiger partial charge in [0.2, 0.25) is 5.91 Å². The number of ether oxygens (including phenoxy) is 1. The van der Waals surface area contributed by atoms with Crippen LogP contribution in [0.1, 0.15) is 12.0 Å². The third-order valence-corrected chi connectivity index (χ3v) is 5.04. The Labute approximate surface area is 190 Å². The van der Waals surface area contributed by atoms with Crippen LogP contribution in [-0.2, 0) is 11.3 Å². The van der Waals surface area contributed by atoms with E-state index in [-0.39, 0.29) is 5.91 Å². The second-order valence-electron chi connectivity index (χ2n) is 8.06. The number of rotatable bonds is 11. The molecule has 0 saturated carbocycles. The van der Waals surface area contributed by atoms with E-state index >= 15 is 0 Å². The minimum Gasteiger partial charge on any atom is -0.457 e. The van der Waals surface area contributed by atoms with Crippen LogP contribution in [0.3, 0.4) is 0 Å². The predicted octanol–water partition coefficient (Wildman–Crippen LogP) is 4.45. The van der Waals surface area contributed by atoms with Gasteiger partial charge in [-0.2, -0.15) is 0 Å². The molecule has 0 aromatic heterocycles. The lowest BCUT2D eigenvalue weighted by Gasteiger charge is -2.20. The highest BCUT2D eigenvalue weighted by Crippen LogP contribution is 2.22. The summed E-state index contributed by atoms with van der Waals surface area (Å²) >= 11 is 0. The molecule has 0 unspecified atom stereocenters. The van der Waals surface area contributed by atoms with E-state index in [0.29, 0.717) is 6.54 Å².